The van der Waals surface area contributed by atoms with Crippen molar-refractivity contribution in [3.63, 3.8) is 0 Å². The van der Waals surface area contributed by atoms with Crippen molar-refractivity contribution in [1.29, 1.82) is 0 Å². The number of halogens is 1. The molecule has 33 heavy (non-hydrogen) atoms. The molecule has 7 nitrogen and oxygen atoms in total. The number of hydrogen-bond acceptors (Lipinski definition) is 4. The van der Waals surface area contributed by atoms with Crippen LogP contribution >= 0.6 is 0 Å². The minimum atomic E-state index is -3.87. The molecule has 1 unspecified atom stereocenters. The van der Waals surface area contributed by atoms with Gasteiger partial charge < -0.3 is 10.2 Å². The van der Waals surface area contributed by atoms with Crippen LogP contribution in [0.25, 0.3) is 0 Å². The van der Waals surface area contributed by atoms with Crippen LogP contribution in [0.2, 0.25) is 0 Å². The standard InChI is InChI=1S/C24H22FN3O4S/c1-16-2-10-21(11-3-16)28-15-17(14-23(28)29)24(30)26-19-8-12-22(13-9-19)33(31,32)27-20-6-4-18(25)5-7-20/h2-13,17,27H,14-15H2,1H3,(H,26,30). The highest BCUT2D eigenvalue weighted by molar-refractivity contribution is 7.92. The summed E-state index contributed by atoms with van der Waals surface area (Å²) in [4.78, 5) is 26.7. The van der Waals surface area contributed by atoms with E-state index in [9.17, 15) is 22.4 Å². The third kappa shape index (κ3) is 5.20. The number of nitrogens with one attached hydrogen (secondary N) is 2. The van der Waals surface area contributed by atoms with Crippen LogP contribution in [-0.4, -0.2) is 26.8 Å². The number of nitrogens with zero attached hydrogens (tertiary/aromatic N) is 1. The monoisotopic (exact) mass is 467 g/mol. The lowest BCUT2D eigenvalue weighted by Gasteiger charge is -2.17. The zero-order valence-corrected chi connectivity index (χ0v) is 18.6. The van der Waals surface area contributed by atoms with Gasteiger partial charge in [0, 0.05) is 30.0 Å². The number of rotatable bonds is 6. The van der Waals surface area contributed by atoms with E-state index < -0.39 is 21.8 Å². The molecule has 0 aliphatic carbocycles. The maximum atomic E-state index is 13.0. The summed E-state index contributed by atoms with van der Waals surface area (Å²) in [5, 5.41) is 2.75. The fourth-order valence-electron chi connectivity index (χ4n) is 3.55. The van der Waals surface area contributed by atoms with Gasteiger partial charge in [-0.05, 0) is 67.6 Å². The van der Waals surface area contributed by atoms with Crippen LogP contribution in [0, 0.1) is 18.7 Å². The Morgan fingerprint density at radius 3 is 2.18 bits per heavy atom. The quantitative estimate of drug-likeness (QED) is 0.574. The number of sulfonamides is 1. The van der Waals surface area contributed by atoms with Crippen molar-refractivity contribution in [2.45, 2.75) is 18.2 Å². The largest absolute Gasteiger partial charge is 0.326 e. The Labute approximate surface area is 191 Å². The first-order valence-corrected chi connectivity index (χ1v) is 11.8. The molecular formula is C24H22FN3O4S. The number of amides is 2. The molecule has 3 aromatic carbocycles. The average Bonchev–Trinajstić information content (AvgIpc) is 3.18. The Morgan fingerprint density at radius 1 is 0.939 bits per heavy atom. The van der Waals surface area contributed by atoms with Gasteiger partial charge in [0.2, 0.25) is 11.8 Å². The SMILES string of the molecule is Cc1ccc(N2CC(C(=O)Nc3ccc(S(=O)(=O)Nc4ccc(F)cc4)cc3)CC2=O)cc1. The predicted octanol–water partition coefficient (Wildman–Crippen LogP) is 3.93. The molecule has 0 radical (unpaired) electrons. The summed E-state index contributed by atoms with van der Waals surface area (Å²) in [5.74, 6) is -1.41. The predicted molar refractivity (Wildman–Crippen MR) is 124 cm³/mol. The summed E-state index contributed by atoms with van der Waals surface area (Å²) in [7, 11) is -3.87. The van der Waals surface area contributed by atoms with E-state index in [0.717, 1.165) is 23.4 Å². The average molecular weight is 468 g/mol. The lowest BCUT2D eigenvalue weighted by molar-refractivity contribution is -0.122. The van der Waals surface area contributed by atoms with E-state index in [2.05, 4.69) is 10.0 Å². The van der Waals surface area contributed by atoms with Gasteiger partial charge in [-0.15, -0.1) is 0 Å². The molecule has 1 atom stereocenters. The molecule has 170 valence electrons. The van der Waals surface area contributed by atoms with Gasteiger partial charge in [0.1, 0.15) is 5.82 Å². The molecule has 0 bridgehead atoms. The zero-order chi connectivity index (χ0) is 23.6. The number of anilines is 3. The molecular weight excluding hydrogens is 445 g/mol. The van der Waals surface area contributed by atoms with Crippen molar-refractivity contribution in [2.24, 2.45) is 5.92 Å². The number of aryl methyl sites for hydroxylation is 1. The number of carbonyl (C=O) groups is 2. The minimum Gasteiger partial charge on any atom is -0.326 e. The topological polar surface area (TPSA) is 95.6 Å². The van der Waals surface area contributed by atoms with Crippen molar-refractivity contribution in [1.82, 2.24) is 0 Å². The molecule has 9 heteroatoms. The number of benzene rings is 3. The first-order chi connectivity index (χ1) is 15.7. The lowest BCUT2D eigenvalue weighted by Crippen LogP contribution is -2.28. The molecule has 1 saturated heterocycles. The molecule has 4 rings (SSSR count). The summed E-state index contributed by atoms with van der Waals surface area (Å²) < 4.78 is 40.4. The van der Waals surface area contributed by atoms with Gasteiger partial charge in [-0.3, -0.25) is 14.3 Å². The van der Waals surface area contributed by atoms with Crippen LogP contribution in [0.3, 0.4) is 0 Å². The van der Waals surface area contributed by atoms with E-state index in [-0.39, 0.29) is 35.4 Å². The van der Waals surface area contributed by atoms with E-state index in [1.54, 1.807) is 4.90 Å². The number of hydrogen-bond donors (Lipinski definition) is 2. The Hall–Kier alpha value is -3.72. The Kier molecular flexibility index (Phi) is 6.15. The third-order valence-electron chi connectivity index (χ3n) is 5.37. The summed E-state index contributed by atoms with van der Waals surface area (Å²) in [6.45, 7) is 2.24. The van der Waals surface area contributed by atoms with Crippen LogP contribution in [0.4, 0.5) is 21.5 Å². The second kappa shape index (κ2) is 9.03. The van der Waals surface area contributed by atoms with Crippen molar-refractivity contribution in [3.05, 3.63) is 84.2 Å². The van der Waals surface area contributed by atoms with Crippen molar-refractivity contribution in [3.8, 4) is 0 Å². The summed E-state index contributed by atoms with van der Waals surface area (Å²) in [6.07, 6.45) is 0.105. The van der Waals surface area contributed by atoms with Crippen LogP contribution in [0.5, 0.6) is 0 Å². The van der Waals surface area contributed by atoms with Gasteiger partial charge in [0.25, 0.3) is 10.0 Å². The van der Waals surface area contributed by atoms with E-state index in [1.165, 1.54) is 36.4 Å². The fraction of sp³-hybridized carbons (Fsp3) is 0.167. The first-order valence-electron chi connectivity index (χ1n) is 10.3. The summed E-state index contributed by atoms with van der Waals surface area (Å²) in [5.41, 5.74) is 2.49. The maximum absolute atomic E-state index is 13.0. The molecule has 2 amide bonds. The van der Waals surface area contributed by atoms with Gasteiger partial charge in [-0.2, -0.15) is 0 Å². The molecule has 2 N–H and O–H groups in total. The Bertz CT molecular complexity index is 1270. The van der Waals surface area contributed by atoms with Gasteiger partial charge in [-0.1, -0.05) is 17.7 Å². The Morgan fingerprint density at radius 2 is 1.55 bits per heavy atom. The number of carbonyl (C=O) groups excluding carboxylic acids is 2. The third-order valence-corrected chi connectivity index (χ3v) is 6.77. The van der Waals surface area contributed by atoms with Crippen molar-refractivity contribution < 1.29 is 22.4 Å². The molecule has 3 aromatic rings. The zero-order valence-electron chi connectivity index (χ0n) is 17.8. The van der Waals surface area contributed by atoms with Crippen molar-refractivity contribution >= 4 is 38.9 Å². The highest BCUT2D eigenvalue weighted by atomic mass is 32.2. The van der Waals surface area contributed by atoms with Crippen LogP contribution in [0.15, 0.2) is 77.7 Å². The van der Waals surface area contributed by atoms with Gasteiger partial charge in [0.15, 0.2) is 0 Å². The van der Waals surface area contributed by atoms with Gasteiger partial charge in [-0.25, -0.2) is 12.8 Å². The van der Waals surface area contributed by atoms with E-state index in [0.29, 0.717) is 5.69 Å². The molecule has 0 saturated carbocycles. The summed E-state index contributed by atoms with van der Waals surface area (Å²) >= 11 is 0. The summed E-state index contributed by atoms with van der Waals surface area (Å²) in [6, 6.07) is 18.2. The van der Waals surface area contributed by atoms with Gasteiger partial charge >= 0.3 is 0 Å². The lowest BCUT2D eigenvalue weighted by atomic mass is 10.1. The van der Waals surface area contributed by atoms with Gasteiger partial charge in [0.05, 0.1) is 10.8 Å². The van der Waals surface area contributed by atoms with E-state index in [4.69, 9.17) is 0 Å². The molecule has 0 spiro atoms. The molecule has 1 fully saturated rings. The van der Waals surface area contributed by atoms with Crippen LogP contribution < -0.4 is 14.9 Å². The highest BCUT2D eigenvalue weighted by Crippen LogP contribution is 2.27. The molecule has 1 aliphatic heterocycles. The van der Waals surface area contributed by atoms with Crippen LogP contribution in [0.1, 0.15) is 12.0 Å². The second-order valence-electron chi connectivity index (χ2n) is 7.87. The first kappa shape index (κ1) is 22.5. The molecule has 0 aromatic heterocycles. The maximum Gasteiger partial charge on any atom is 0.261 e. The van der Waals surface area contributed by atoms with Crippen molar-refractivity contribution in [2.75, 3.05) is 21.5 Å². The minimum absolute atomic E-state index is 0.00795. The highest BCUT2D eigenvalue weighted by Gasteiger charge is 2.35. The fourth-order valence-corrected chi connectivity index (χ4v) is 4.61. The second-order valence-corrected chi connectivity index (χ2v) is 9.55. The Balaban J connectivity index is 1.39. The normalized spacial score (nSPS) is 16.0. The molecule has 1 heterocycles. The van der Waals surface area contributed by atoms with Crippen LogP contribution in [-0.2, 0) is 19.6 Å². The van der Waals surface area contributed by atoms with E-state index in [1.807, 2.05) is 31.2 Å². The van der Waals surface area contributed by atoms with E-state index >= 15 is 0 Å². The molecule has 1 aliphatic rings. The smallest absolute Gasteiger partial charge is 0.261 e.